The zero-order valence-corrected chi connectivity index (χ0v) is 31.0. The normalized spacial score (nSPS) is 54.1. The maximum Gasteiger partial charge on any atom is 0.129 e. The fraction of sp³-hybridized carbons (Fsp3) is 1.00. The van der Waals surface area contributed by atoms with Crippen LogP contribution in [0.3, 0.4) is 0 Å². The van der Waals surface area contributed by atoms with Gasteiger partial charge in [0.15, 0.2) is 0 Å². The molecule has 4 aliphatic carbocycles. The van der Waals surface area contributed by atoms with Crippen LogP contribution in [0.5, 0.6) is 0 Å². The maximum absolute atomic E-state index is 4.53. The lowest BCUT2D eigenvalue weighted by molar-refractivity contribution is 0.167. The third-order valence-electron chi connectivity index (χ3n) is 13.8. The van der Waals surface area contributed by atoms with Crippen LogP contribution in [0.1, 0.15) is 103 Å². The van der Waals surface area contributed by atoms with Gasteiger partial charge in [0.25, 0.3) is 0 Å². The molecule has 0 spiro atoms. The molecular weight excluding hydrogens is 569 g/mol. The first kappa shape index (κ1) is 30.4. The van der Waals surface area contributed by atoms with Crippen LogP contribution < -0.4 is 42.5 Å². The van der Waals surface area contributed by atoms with Crippen LogP contribution in [-0.2, 0) is 4.12 Å². The van der Waals surface area contributed by atoms with Gasteiger partial charge in [-0.25, -0.2) is 0 Å². The monoisotopic (exact) mass is 630 g/mol. The van der Waals surface area contributed by atoms with E-state index < -0.39 is 0 Å². The second kappa shape index (κ2) is 13.3. The van der Waals surface area contributed by atoms with Gasteiger partial charge in [-0.05, 0) is 98.7 Å². The average molecular weight is 631 g/mol. The summed E-state index contributed by atoms with van der Waals surface area (Å²) in [6, 6.07) is 0. The Kier molecular flexibility index (Phi) is 9.40. The fourth-order valence-corrected chi connectivity index (χ4v) is 12.0. The first-order valence-electron chi connectivity index (χ1n) is 18.7. The highest BCUT2D eigenvalue weighted by Gasteiger charge is 2.54. The Morgan fingerprint density at radius 3 is 0.512 bits per heavy atom. The summed E-state index contributed by atoms with van der Waals surface area (Å²) in [7, 11) is 1.86. The molecule has 0 radical (unpaired) electrons. The van der Waals surface area contributed by atoms with Gasteiger partial charge >= 0.3 is 0 Å². The molecule has 43 heavy (non-hydrogen) atoms. The second-order valence-corrected chi connectivity index (χ2v) is 19.3. The highest BCUT2D eigenvalue weighted by atomic mass is 28.3. The Morgan fingerprint density at radius 1 is 0.279 bits per heavy atom. The SMILES string of the molecule is C1CCC2C3NC(NC4NC(NC5NC(NC6NC(N3)C3CCCCC63)C3CCCCC53)C3CCCCC43)C2C1.[SiH3]O[SiH3]. The third-order valence-corrected chi connectivity index (χ3v) is 13.8. The topological polar surface area (TPSA) is 105 Å². The number of fused-ring (bicyclic) bond motifs is 20. The van der Waals surface area contributed by atoms with Crippen molar-refractivity contribution in [2.45, 2.75) is 152 Å². The number of nitrogens with one attached hydrogen (secondary N) is 8. The van der Waals surface area contributed by atoms with Gasteiger partial charge in [0.2, 0.25) is 0 Å². The Bertz CT molecular complexity index is 743. The van der Waals surface area contributed by atoms with E-state index in [9.17, 15) is 0 Å². The molecule has 8 bridgehead atoms. The lowest BCUT2D eigenvalue weighted by Gasteiger charge is -2.35. The van der Waals surface area contributed by atoms with E-state index in [1.54, 1.807) is 0 Å². The number of hydrogen-bond donors (Lipinski definition) is 8. The van der Waals surface area contributed by atoms with Gasteiger partial charge in [-0.1, -0.05) is 51.4 Å². The molecule has 0 aromatic carbocycles. The predicted octanol–water partition coefficient (Wildman–Crippen LogP) is 0.169. The molecule has 0 amide bonds. The number of rotatable bonds is 0. The van der Waals surface area contributed by atoms with Gasteiger partial charge in [-0.15, -0.1) is 0 Å². The van der Waals surface area contributed by atoms with E-state index in [-0.39, 0.29) is 0 Å². The van der Waals surface area contributed by atoms with E-state index in [0.29, 0.717) is 49.3 Å². The van der Waals surface area contributed by atoms with Crippen LogP contribution in [0.25, 0.3) is 0 Å². The van der Waals surface area contributed by atoms with Crippen molar-refractivity contribution in [1.82, 2.24) is 42.5 Å². The van der Waals surface area contributed by atoms with Crippen molar-refractivity contribution < 1.29 is 4.12 Å². The second-order valence-electron chi connectivity index (χ2n) is 16.0. The minimum Gasteiger partial charge on any atom is -0.471 e. The first-order chi connectivity index (χ1) is 21.2. The molecular formula is C32H62N8OSi2. The van der Waals surface area contributed by atoms with Crippen molar-refractivity contribution in [3.8, 4) is 0 Å². The van der Waals surface area contributed by atoms with E-state index in [0.717, 1.165) is 68.3 Å². The van der Waals surface area contributed by atoms with E-state index in [1.807, 2.05) is 0 Å². The molecule has 9 nitrogen and oxygen atoms in total. The van der Waals surface area contributed by atoms with Crippen molar-refractivity contribution in [2.75, 3.05) is 0 Å². The molecule has 8 atom stereocenters. The molecule has 5 aliphatic heterocycles. The Labute approximate surface area is 266 Å². The van der Waals surface area contributed by atoms with Crippen LogP contribution in [0.2, 0.25) is 0 Å². The summed E-state index contributed by atoms with van der Waals surface area (Å²) >= 11 is 0. The molecule has 9 fully saturated rings. The van der Waals surface area contributed by atoms with Crippen molar-refractivity contribution in [3.63, 3.8) is 0 Å². The highest BCUT2D eigenvalue weighted by molar-refractivity contribution is 6.15. The molecule has 0 aromatic rings. The van der Waals surface area contributed by atoms with Gasteiger partial charge in [0, 0.05) is 0 Å². The van der Waals surface area contributed by atoms with Crippen LogP contribution in [0, 0.1) is 47.3 Å². The molecule has 8 N–H and O–H groups in total. The smallest absolute Gasteiger partial charge is 0.129 e. The molecule has 11 heteroatoms. The quantitative estimate of drug-likeness (QED) is 0.178. The lowest BCUT2D eigenvalue weighted by Crippen LogP contribution is -2.61. The van der Waals surface area contributed by atoms with E-state index >= 15 is 0 Å². The molecule has 5 heterocycles. The van der Waals surface area contributed by atoms with Crippen molar-refractivity contribution >= 4 is 21.0 Å². The van der Waals surface area contributed by atoms with Gasteiger partial charge in [0.05, 0.1) is 49.3 Å². The van der Waals surface area contributed by atoms with Crippen LogP contribution in [-0.4, -0.2) is 70.3 Å². The molecule has 4 saturated carbocycles. The summed E-state index contributed by atoms with van der Waals surface area (Å²) in [5, 5.41) is 33.8. The van der Waals surface area contributed by atoms with Gasteiger partial charge in [-0.2, -0.15) is 0 Å². The van der Waals surface area contributed by atoms with Crippen LogP contribution in [0.4, 0.5) is 0 Å². The predicted molar refractivity (Wildman–Crippen MR) is 178 cm³/mol. The summed E-state index contributed by atoms with van der Waals surface area (Å²) < 4.78 is 4.53. The molecule has 8 unspecified atom stereocenters. The maximum atomic E-state index is 4.53. The van der Waals surface area contributed by atoms with Crippen molar-refractivity contribution in [2.24, 2.45) is 47.3 Å². The molecule has 9 aliphatic rings. The Morgan fingerprint density at radius 2 is 0.395 bits per heavy atom. The zero-order chi connectivity index (χ0) is 28.9. The van der Waals surface area contributed by atoms with E-state index in [2.05, 4.69) is 46.6 Å². The summed E-state index contributed by atoms with van der Waals surface area (Å²) in [6.07, 6.45) is 25.6. The summed E-state index contributed by atoms with van der Waals surface area (Å²) in [6.45, 7) is 0. The highest BCUT2D eigenvalue weighted by Crippen LogP contribution is 2.45. The van der Waals surface area contributed by atoms with Crippen LogP contribution in [0.15, 0.2) is 0 Å². The van der Waals surface area contributed by atoms with Crippen molar-refractivity contribution in [1.29, 1.82) is 0 Å². The molecule has 244 valence electrons. The average Bonchev–Trinajstić information content (AvgIpc) is 3.77. The summed E-state index contributed by atoms with van der Waals surface area (Å²) in [4.78, 5) is 0. The van der Waals surface area contributed by atoms with Crippen molar-refractivity contribution in [3.05, 3.63) is 0 Å². The Hall–Kier alpha value is 0.0738. The van der Waals surface area contributed by atoms with Gasteiger partial charge in [0.1, 0.15) is 21.0 Å². The minimum atomic E-state index is 0.420. The molecule has 9 rings (SSSR count). The summed E-state index contributed by atoms with van der Waals surface area (Å²) in [5.41, 5.74) is 0. The fourth-order valence-electron chi connectivity index (χ4n) is 12.0. The zero-order valence-electron chi connectivity index (χ0n) is 27.0. The standard InChI is InChI=1S/C32H56N8.H6OSi2/c1-2-10-18-17(9-1)25-33-26(18)38-28-21-13-5-6-14-22(21)30(35-28)40-32-24-16-8-7-15-23(24)31(36-32)39-29-20-12-4-3-11-19(20)27(34-29)37-25;2-1-3/h17-40H,1-16H2;2-3H3. The number of hydrogen-bond acceptors (Lipinski definition) is 9. The van der Waals surface area contributed by atoms with Crippen LogP contribution >= 0.6 is 0 Å². The first-order valence-corrected chi connectivity index (χ1v) is 20.3. The Balaban J connectivity index is 0.000000892. The lowest BCUT2D eigenvalue weighted by atomic mass is 9.76. The summed E-state index contributed by atoms with van der Waals surface area (Å²) in [5.74, 6) is 5.97. The minimum absolute atomic E-state index is 0.420. The van der Waals surface area contributed by atoms with Gasteiger partial charge < -0.3 is 4.12 Å². The largest absolute Gasteiger partial charge is 0.471 e. The third kappa shape index (κ3) is 5.78. The molecule has 0 aromatic heterocycles. The van der Waals surface area contributed by atoms with Gasteiger partial charge in [-0.3, -0.25) is 42.5 Å². The van der Waals surface area contributed by atoms with E-state index in [1.165, 1.54) is 103 Å². The van der Waals surface area contributed by atoms with E-state index in [4.69, 9.17) is 0 Å². The molecule has 5 saturated heterocycles.